The molecule has 0 radical (unpaired) electrons. The Morgan fingerprint density at radius 2 is 0.982 bits per heavy atom. The molecule has 0 N–H and O–H groups in total. The largest absolute Gasteiger partial charge is 0.310 e. The average Bonchev–Trinajstić information content (AvgIpc) is 3.81. The van der Waals surface area contributed by atoms with E-state index in [2.05, 4.69) is 216 Å². The predicted octanol–water partition coefficient (Wildman–Crippen LogP) is 15.1. The number of para-hydroxylation sites is 2. The molecule has 0 aliphatic carbocycles. The second-order valence-corrected chi connectivity index (χ2v) is 15.2. The summed E-state index contributed by atoms with van der Waals surface area (Å²) in [6.07, 6.45) is 0. The summed E-state index contributed by atoms with van der Waals surface area (Å²) in [4.78, 5) is 2.43. The number of benzene rings is 9. The number of thiophene rings is 1. The summed E-state index contributed by atoms with van der Waals surface area (Å²) in [5, 5.41) is 7.66. The van der Waals surface area contributed by atoms with Crippen molar-refractivity contribution in [3.63, 3.8) is 0 Å². The van der Waals surface area contributed by atoms with Gasteiger partial charge in [0.1, 0.15) is 0 Å². The Labute approximate surface area is 323 Å². The molecule has 2 nitrogen and oxygen atoms in total. The first-order valence-electron chi connectivity index (χ1n) is 18.8. The summed E-state index contributed by atoms with van der Waals surface area (Å²) < 4.78 is 4.99. The van der Waals surface area contributed by atoms with Gasteiger partial charge < -0.3 is 9.47 Å². The summed E-state index contributed by atoms with van der Waals surface area (Å²) in [5.74, 6) is 0. The maximum atomic E-state index is 2.43. The molecule has 2 aromatic heterocycles. The van der Waals surface area contributed by atoms with E-state index in [1.54, 1.807) is 0 Å². The number of nitrogens with zero attached hydrogens (tertiary/aromatic N) is 2. The number of aromatic nitrogens is 1. The van der Waals surface area contributed by atoms with Crippen molar-refractivity contribution in [1.29, 1.82) is 0 Å². The SMILES string of the molecule is c1ccc(-c2ccc(N(c3ccc(-c4ccc5c(c4)c4ccccc4n5-c4ccccc4)cc3)c3cccc4sc5c6ccccc6ccc5c34)cc2)cc1. The number of anilines is 3. The third-order valence-electron chi connectivity index (χ3n) is 11.0. The van der Waals surface area contributed by atoms with Crippen LogP contribution < -0.4 is 4.90 Å². The monoisotopic (exact) mass is 718 g/mol. The van der Waals surface area contributed by atoms with Crippen LogP contribution in [0.4, 0.5) is 17.1 Å². The molecule has 0 spiro atoms. The van der Waals surface area contributed by atoms with E-state index >= 15 is 0 Å². The summed E-state index contributed by atoms with van der Waals surface area (Å²) in [7, 11) is 0. The van der Waals surface area contributed by atoms with Gasteiger partial charge in [-0.05, 0) is 99.8 Å². The third-order valence-corrected chi connectivity index (χ3v) is 12.2. The van der Waals surface area contributed by atoms with Gasteiger partial charge in [0.2, 0.25) is 0 Å². The van der Waals surface area contributed by atoms with Crippen LogP contribution in [-0.4, -0.2) is 4.57 Å². The molecule has 0 aliphatic rings. The predicted molar refractivity (Wildman–Crippen MR) is 237 cm³/mol. The molecule has 0 saturated heterocycles. The molecule has 2 heterocycles. The van der Waals surface area contributed by atoms with Crippen molar-refractivity contribution >= 4 is 81.1 Å². The normalized spacial score (nSPS) is 11.6. The van der Waals surface area contributed by atoms with Crippen LogP contribution in [0.5, 0.6) is 0 Å². The summed E-state index contributed by atoms with van der Waals surface area (Å²) in [6.45, 7) is 0. The molecular formula is C52H34N2S. The minimum Gasteiger partial charge on any atom is -0.310 e. The zero-order valence-electron chi connectivity index (χ0n) is 29.9. The van der Waals surface area contributed by atoms with E-state index in [0.717, 1.165) is 11.4 Å². The van der Waals surface area contributed by atoms with Crippen molar-refractivity contribution in [3.8, 4) is 27.9 Å². The Balaban J connectivity index is 1.06. The van der Waals surface area contributed by atoms with Crippen LogP contribution >= 0.6 is 11.3 Å². The molecule has 11 aromatic rings. The Bertz CT molecular complexity index is 3180. The first-order chi connectivity index (χ1) is 27.3. The van der Waals surface area contributed by atoms with Crippen LogP contribution in [0.15, 0.2) is 206 Å². The molecule has 0 amide bonds. The lowest BCUT2D eigenvalue weighted by molar-refractivity contribution is 1.18. The molecular weight excluding hydrogens is 685 g/mol. The van der Waals surface area contributed by atoms with Crippen LogP contribution in [-0.2, 0) is 0 Å². The molecule has 55 heavy (non-hydrogen) atoms. The molecule has 0 bridgehead atoms. The molecule has 258 valence electrons. The van der Waals surface area contributed by atoms with E-state index < -0.39 is 0 Å². The Hall–Kier alpha value is -6.94. The van der Waals surface area contributed by atoms with Crippen molar-refractivity contribution in [2.75, 3.05) is 4.90 Å². The molecule has 0 fully saturated rings. The number of rotatable bonds is 6. The number of hydrogen-bond acceptors (Lipinski definition) is 2. The summed E-state index contributed by atoms with van der Waals surface area (Å²) >= 11 is 1.89. The van der Waals surface area contributed by atoms with Crippen LogP contribution in [0.3, 0.4) is 0 Å². The number of fused-ring (bicyclic) bond motifs is 8. The molecule has 9 aromatic carbocycles. The first kappa shape index (κ1) is 31.6. The van der Waals surface area contributed by atoms with Gasteiger partial charge in [0, 0.05) is 48.0 Å². The van der Waals surface area contributed by atoms with Crippen LogP contribution in [0.25, 0.3) is 80.7 Å². The number of hydrogen-bond donors (Lipinski definition) is 0. The van der Waals surface area contributed by atoms with Gasteiger partial charge in [-0.2, -0.15) is 0 Å². The maximum Gasteiger partial charge on any atom is 0.0554 e. The lowest BCUT2D eigenvalue weighted by Crippen LogP contribution is -2.10. The molecule has 11 rings (SSSR count). The van der Waals surface area contributed by atoms with Gasteiger partial charge in [-0.3, -0.25) is 0 Å². The van der Waals surface area contributed by atoms with Crippen molar-refractivity contribution in [2.45, 2.75) is 0 Å². The molecule has 3 heteroatoms. The fourth-order valence-corrected chi connectivity index (χ4v) is 9.65. The zero-order valence-corrected chi connectivity index (χ0v) is 30.7. The van der Waals surface area contributed by atoms with Gasteiger partial charge in [-0.1, -0.05) is 140 Å². The van der Waals surface area contributed by atoms with Gasteiger partial charge >= 0.3 is 0 Å². The molecule has 0 saturated carbocycles. The lowest BCUT2D eigenvalue weighted by atomic mass is 10.0. The zero-order chi connectivity index (χ0) is 36.3. The second-order valence-electron chi connectivity index (χ2n) is 14.1. The summed E-state index contributed by atoms with van der Waals surface area (Å²) in [5.41, 5.74) is 11.8. The molecule has 0 atom stereocenters. The van der Waals surface area contributed by atoms with Crippen molar-refractivity contribution in [1.82, 2.24) is 4.57 Å². The maximum absolute atomic E-state index is 2.43. The first-order valence-corrected chi connectivity index (χ1v) is 19.6. The lowest BCUT2D eigenvalue weighted by Gasteiger charge is -2.27. The van der Waals surface area contributed by atoms with Crippen molar-refractivity contribution < 1.29 is 0 Å². The third kappa shape index (κ3) is 5.24. The van der Waals surface area contributed by atoms with E-state index in [4.69, 9.17) is 0 Å². The highest BCUT2D eigenvalue weighted by molar-refractivity contribution is 7.26. The van der Waals surface area contributed by atoms with E-state index in [1.165, 1.54) is 86.4 Å². The van der Waals surface area contributed by atoms with Crippen molar-refractivity contribution in [2.24, 2.45) is 0 Å². The van der Waals surface area contributed by atoms with Gasteiger partial charge in [-0.25, -0.2) is 0 Å². The van der Waals surface area contributed by atoms with E-state index in [1.807, 2.05) is 11.3 Å². The standard InChI is InChI=1S/C52H34N2S/c1-3-12-35(13-4-1)36-22-28-41(29-23-36)53(49-20-11-21-50-51(49)45-32-26-38-14-7-8-17-43(38)52(45)55-50)42-30-24-37(25-31-42)39-27-33-48-46(34-39)44-18-9-10-19-47(44)54(48)40-15-5-2-6-16-40/h1-34H. The molecule has 0 unspecified atom stereocenters. The second kappa shape index (κ2) is 12.9. The van der Waals surface area contributed by atoms with Crippen molar-refractivity contribution in [3.05, 3.63) is 206 Å². The van der Waals surface area contributed by atoms with Crippen LogP contribution in [0, 0.1) is 0 Å². The highest BCUT2D eigenvalue weighted by Crippen LogP contribution is 2.47. The smallest absolute Gasteiger partial charge is 0.0554 e. The highest BCUT2D eigenvalue weighted by Gasteiger charge is 2.20. The minimum absolute atomic E-state index is 1.12. The van der Waals surface area contributed by atoms with Gasteiger partial charge in [0.05, 0.1) is 16.7 Å². The van der Waals surface area contributed by atoms with E-state index in [0.29, 0.717) is 0 Å². The molecule has 0 aliphatic heterocycles. The minimum atomic E-state index is 1.12. The van der Waals surface area contributed by atoms with E-state index in [-0.39, 0.29) is 0 Å². The van der Waals surface area contributed by atoms with Gasteiger partial charge in [0.15, 0.2) is 0 Å². The average molecular weight is 719 g/mol. The van der Waals surface area contributed by atoms with Crippen LogP contribution in [0.2, 0.25) is 0 Å². The fourth-order valence-electron chi connectivity index (χ4n) is 8.39. The Kier molecular flexibility index (Phi) is 7.39. The topological polar surface area (TPSA) is 8.17 Å². The van der Waals surface area contributed by atoms with Crippen LogP contribution in [0.1, 0.15) is 0 Å². The summed E-state index contributed by atoms with van der Waals surface area (Å²) in [6, 6.07) is 75.0. The van der Waals surface area contributed by atoms with E-state index in [9.17, 15) is 0 Å². The highest BCUT2D eigenvalue weighted by atomic mass is 32.1. The van der Waals surface area contributed by atoms with Gasteiger partial charge in [-0.15, -0.1) is 11.3 Å². The fraction of sp³-hybridized carbons (Fsp3) is 0. The van der Waals surface area contributed by atoms with Gasteiger partial charge in [0.25, 0.3) is 0 Å². The Morgan fingerprint density at radius 3 is 1.75 bits per heavy atom. The quantitative estimate of drug-likeness (QED) is 0.166. The Morgan fingerprint density at radius 1 is 0.382 bits per heavy atom.